The lowest BCUT2D eigenvalue weighted by Crippen LogP contribution is -2.47. The summed E-state index contributed by atoms with van der Waals surface area (Å²) in [5.74, 6) is 0. The Morgan fingerprint density at radius 2 is 2.00 bits per heavy atom. The fourth-order valence-corrected chi connectivity index (χ4v) is 3.08. The summed E-state index contributed by atoms with van der Waals surface area (Å²) in [6, 6.07) is 1.54. The first-order valence-electron chi connectivity index (χ1n) is 7.58. The molecule has 0 aromatic carbocycles. The smallest absolute Gasteiger partial charge is 0.147 e. The van der Waals surface area contributed by atoms with Crippen LogP contribution in [0.4, 0.5) is 0 Å². The molecule has 2 heterocycles. The van der Waals surface area contributed by atoms with Gasteiger partial charge in [0.15, 0.2) is 0 Å². The van der Waals surface area contributed by atoms with E-state index in [1.807, 2.05) is 0 Å². The Morgan fingerprint density at radius 1 is 1.06 bits per heavy atom. The number of rotatable bonds is 5. The molecule has 1 saturated carbocycles. The topological polar surface area (TPSA) is 33.7 Å². The van der Waals surface area contributed by atoms with E-state index in [1.165, 1.54) is 45.2 Å². The van der Waals surface area contributed by atoms with Gasteiger partial charge in [0.1, 0.15) is 6.79 Å². The summed E-state index contributed by atoms with van der Waals surface area (Å²) in [5, 5.41) is 3.66. The normalized spacial score (nSPS) is 33.8. The highest BCUT2D eigenvalue weighted by Crippen LogP contribution is 2.28. The number of hydrogen-bond acceptors (Lipinski definition) is 4. The molecule has 1 aliphatic carbocycles. The summed E-state index contributed by atoms with van der Waals surface area (Å²) >= 11 is 0. The summed E-state index contributed by atoms with van der Waals surface area (Å²) in [7, 11) is 0. The predicted octanol–water partition coefficient (Wildman–Crippen LogP) is 1.36. The molecule has 2 saturated heterocycles. The number of nitrogens with zero attached hydrogens (tertiary/aromatic N) is 1. The van der Waals surface area contributed by atoms with Gasteiger partial charge in [0.2, 0.25) is 0 Å². The fraction of sp³-hybridized carbons (Fsp3) is 1.00. The molecule has 0 aromatic rings. The van der Waals surface area contributed by atoms with Gasteiger partial charge in [-0.1, -0.05) is 6.42 Å². The number of nitrogens with one attached hydrogen (secondary N) is 1. The van der Waals surface area contributed by atoms with Gasteiger partial charge in [-0.3, -0.25) is 4.90 Å². The minimum absolute atomic E-state index is 0.392. The summed E-state index contributed by atoms with van der Waals surface area (Å²) in [5.41, 5.74) is 0. The molecule has 2 atom stereocenters. The molecule has 0 amide bonds. The van der Waals surface area contributed by atoms with Crippen LogP contribution in [0.25, 0.3) is 0 Å². The van der Waals surface area contributed by atoms with E-state index in [4.69, 9.17) is 9.47 Å². The Kier molecular flexibility index (Phi) is 4.52. The highest BCUT2D eigenvalue weighted by Gasteiger charge is 2.32. The molecule has 0 aromatic heterocycles. The van der Waals surface area contributed by atoms with Gasteiger partial charge in [-0.15, -0.1) is 0 Å². The van der Waals surface area contributed by atoms with Crippen molar-refractivity contribution in [2.75, 3.05) is 33.0 Å². The molecule has 0 radical (unpaired) electrons. The third-order valence-electron chi connectivity index (χ3n) is 4.34. The Morgan fingerprint density at radius 3 is 2.67 bits per heavy atom. The van der Waals surface area contributed by atoms with Crippen molar-refractivity contribution >= 4 is 0 Å². The van der Waals surface area contributed by atoms with E-state index in [9.17, 15) is 0 Å². The van der Waals surface area contributed by atoms with E-state index in [-0.39, 0.29) is 0 Å². The van der Waals surface area contributed by atoms with Crippen LogP contribution in [0.1, 0.15) is 38.5 Å². The van der Waals surface area contributed by atoms with E-state index in [1.54, 1.807) is 0 Å². The van der Waals surface area contributed by atoms with Crippen molar-refractivity contribution in [2.45, 2.75) is 56.7 Å². The molecule has 3 aliphatic rings. The van der Waals surface area contributed by atoms with E-state index < -0.39 is 0 Å². The summed E-state index contributed by atoms with van der Waals surface area (Å²) in [6.45, 7) is 4.88. The zero-order chi connectivity index (χ0) is 12.2. The lowest BCUT2D eigenvalue weighted by Gasteiger charge is -2.34. The second kappa shape index (κ2) is 6.33. The van der Waals surface area contributed by atoms with Gasteiger partial charge in [-0.05, 0) is 38.6 Å². The van der Waals surface area contributed by atoms with E-state index in [2.05, 4.69) is 10.2 Å². The van der Waals surface area contributed by atoms with Gasteiger partial charge >= 0.3 is 0 Å². The summed E-state index contributed by atoms with van der Waals surface area (Å²) in [4.78, 5) is 2.67. The molecule has 2 aliphatic heterocycles. The summed E-state index contributed by atoms with van der Waals surface area (Å²) < 4.78 is 10.9. The van der Waals surface area contributed by atoms with Crippen molar-refractivity contribution in [2.24, 2.45) is 0 Å². The van der Waals surface area contributed by atoms with E-state index in [0.29, 0.717) is 18.9 Å². The molecule has 2 unspecified atom stereocenters. The standard InChI is InChI=1S/C14H26N2O2/c1-2-7-15-12(3-1)9-16(13-4-5-13)10-14-6-8-17-11-18-14/h12-15H,1-11H2. The molecule has 4 nitrogen and oxygen atoms in total. The molecule has 1 N–H and O–H groups in total. The summed E-state index contributed by atoms with van der Waals surface area (Å²) in [6.07, 6.45) is 8.31. The third kappa shape index (κ3) is 3.67. The monoisotopic (exact) mass is 254 g/mol. The van der Waals surface area contributed by atoms with Crippen LogP contribution >= 0.6 is 0 Å². The van der Waals surface area contributed by atoms with Crippen molar-refractivity contribution in [3.05, 3.63) is 0 Å². The Bertz CT molecular complexity index is 226. The van der Waals surface area contributed by atoms with E-state index >= 15 is 0 Å². The molecule has 3 fully saturated rings. The highest BCUT2D eigenvalue weighted by molar-refractivity contribution is 4.89. The minimum Gasteiger partial charge on any atom is -0.355 e. The maximum atomic E-state index is 5.69. The van der Waals surface area contributed by atoms with E-state index in [0.717, 1.165) is 25.6 Å². The molecule has 4 heteroatoms. The molecule has 0 bridgehead atoms. The first-order valence-corrected chi connectivity index (χ1v) is 7.58. The zero-order valence-corrected chi connectivity index (χ0v) is 11.3. The fourth-order valence-electron chi connectivity index (χ4n) is 3.08. The second-order valence-corrected chi connectivity index (χ2v) is 5.94. The van der Waals surface area contributed by atoms with Crippen LogP contribution in [0.15, 0.2) is 0 Å². The van der Waals surface area contributed by atoms with Gasteiger partial charge in [0, 0.05) is 25.2 Å². The quantitative estimate of drug-likeness (QED) is 0.803. The first kappa shape index (κ1) is 12.9. The largest absolute Gasteiger partial charge is 0.355 e. The van der Waals surface area contributed by atoms with Crippen LogP contribution in [-0.2, 0) is 9.47 Å². The highest BCUT2D eigenvalue weighted by atomic mass is 16.7. The van der Waals surface area contributed by atoms with Crippen LogP contribution in [0, 0.1) is 0 Å². The maximum absolute atomic E-state index is 5.69. The maximum Gasteiger partial charge on any atom is 0.147 e. The Balaban J connectivity index is 1.47. The van der Waals surface area contributed by atoms with Crippen LogP contribution in [0.3, 0.4) is 0 Å². The van der Waals surface area contributed by atoms with Crippen LogP contribution < -0.4 is 5.32 Å². The number of hydrogen-bond donors (Lipinski definition) is 1. The van der Waals surface area contributed by atoms with Gasteiger partial charge in [-0.25, -0.2) is 0 Å². The van der Waals surface area contributed by atoms with Crippen molar-refractivity contribution in [3.63, 3.8) is 0 Å². The van der Waals surface area contributed by atoms with Gasteiger partial charge in [0.05, 0.1) is 12.7 Å². The average Bonchev–Trinajstić information content (AvgIpc) is 3.25. The minimum atomic E-state index is 0.392. The number of ether oxygens (including phenoxy) is 2. The molecular formula is C14H26N2O2. The molecular weight excluding hydrogens is 228 g/mol. The first-order chi connectivity index (χ1) is 8.92. The van der Waals surface area contributed by atoms with Crippen LogP contribution in [-0.4, -0.2) is 56.1 Å². The Hall–Kier alpha value is -0.160. The van der Waals surface area contributed by atoms with Crippen LogP contribution in [0.2, 0.25) is 0 Å². The van der Waals surface area contributed by atoms with Crippen molar-refractivity contribution in [1.82, 2.24) is 10.2 Å². The van der Waals surface area contributed by atoms with Crippen molar-refractivity contribution < 1.29 is 9.47 Å². The lowest BCUT2D eigenvalue weighted by atomic mass is 10.0. The van der Waals surface area contributed by atoms with Crippen molar-refractivity contribution in [1.29, 1.82) is 0 Å². The second-order valence-electron chi connectivity index (χ2n) is 5.94. The molecule has 0 spiro atoms. The average molecular weight is 254 g/mol. The lowest BCUT2D eigenvalue weighted by molar-refractivity contribution is -0.145. The zero-order valence-electron chi connectivity index (χ0n) is 11.3. The SMILES string of the molecule is C1CCC(CN(CC2CCOCO2)C2CC2)NC1. The molecule has 3 rings (SSSR count). The van der Waals surface area contributed by atoms with Gasteiger partial charge < -0.3 is 14.8 Å². The van der Waals surface area contributed by atoms with Gasteiger partial charge in [0.25, 0.3) is 0 Å². The van der Waals surface area contributed by atoms with Crippen LogP contribution in [0.5, 0.6) is 0 Å². The Labute approximate surface area is 110 Å². The number of piperidine rings is 1. The van der Waals surface area contributed by atoms with Gasteiger partial charge in [-0.2, -0.15) is 0 Å². The van der Waals surface area contributed by atoms with Crippen molar-refractivity contribution in [3.8, 4) is 0 Å². The third-order valence-corrected chi connectivity index (χ3v) is 4.34. The molecule has 104 valence electrons. The molecule has 18 heavy (non-hydrogen) atoms. The predicted molar refractivity (Wildman–Crippen MR) is 70.5 cm³/mol.